The summed E-state index contributed by atoms with van der Waals surface area (Å²) in [6, 6.07) is 0.333. The Balaban J connectivity index is 2.20. The SMILES string of the molecule is CC1CCCN(C2(CN)CCCC(C(F)(F)F)C2)C1C. The van der Waals surface area contributed by atoms with Gasteiger partial charge in [0.2, 0.25) is 0 Å². The zero-order chi connectivity index (χ0) is 15.0. The van der Waals surface area contributed by atoms with Crippen LogP contribution in [0.1, 0.15) is 52.4 Å². The molecule has 2 nitrogen and oxygen atoms in total. The summed E-state index contributed by atoms with van der Waals surface area (Å²) in [4.78, 5) is 2.30. The minimum absolute atomic E-state index is 0.185. The van der Waals surface area contributed by atoms with Crippen molar-refractivity contribution >= 4 is 0 Å². The summed E-state index contributed by atoms with van der Waals surface area (Å²) in [6.45, 7) is 5.59. The monoisotopic (exact) mass is 292 g/mol. The van der Waals surface area contributed by atoms with Crippen molar-refractivity contribution in [2.75, 3.05) is 13.1 Å². The predicted molar refractivity (Wildman–Crippen MR) is 74.4 cm³/mol. The summed E-state index contributed by atoms with van der Waals surface area (Å²) in [5.41, 5.74) is 5.54. The van der Waals surface area contributed by atoms with Gasteiger partial charge in [-0.1, -0.05) is 13.3 Å². The van der Waals surface area contributed by atoms with E-state index in [1.165, 1.54) is 6.42 Å². The van der Waals surface area contributed by atoms with Crippen LogP contribution in [-0.4, -0.2) is 35.7 Å². The lowest BCUT2D eigenvalue weighted by Gasteiger charge is -2.54. The van der Waals surface area contributed by atoms with Crippen molar-refractivity contribution in [3.05, 3.63) is 0 Å². The first-order valence-electron chi connectivity index (χ1n) is 7.84. The average Bonchev–Trinajstić information content (AvgIpc) is 2.41. The van der Waals surface area contributed by atoms with E-state index in [2.05, 4.69) is 18.7 Å². The van der Waals surface area contributed by atoms with Crippen molar-refractivity contribution in [1.29, 1.82) is 0 Å². The van der Waals surface area contributed by atoms with Crippen molar-refractivity contribution in [2.24, 2.45) is 17.6 Å². The Morgan fingerprint density at radius 3 is 2.50 bits per heavy atom. The molecule has 0 spiro atoms. The Morgan fingerprint density at radius 1 is 1.20 bits per heavy atom. The molecule has 0 amide bonds. The van der Waals surface area contributed by atoms with Gasteiger partial charge >= 0.3 is 6.18 Å². The van der Waals surface area contributed by atoms with Crippen LogP contribution >= 0.6 is 0 Å². The van der Waals surface area contributed by atoms with Gasteiger partial charge in [0, 0.05) is 18.1 Å². The highest BCUT2D eigenvalue weighted by atomic mass is 19.4. The Bertz CT molecular complexity index is 332. The van der Waals surface area contributed by atoms with Crippen LogP contribution in [0.15, 0.2) is 0 Å². The maximum atomic E-state index is 13.1. The smallest absolute Gasteiger partial charge is 0.329 e. The van der Waals surface area contributed by atoms with Crippen molar-refractivity contribution in [1.82, 2.24) is 4.90 Å². The van der Waals surface area contributed by atoms with Crippen molar-refractivity contribution in [3.8, 4) is 0 Å². The Hall–Kier alpha value is -0.290. The van der Waals surface area contributed by atoms with Crippen LogP contribution in [0, 0.1) is 11.8 Å². The fourth-order valence-electron chi connectivity index (χ4n) is 4.19. The predicted octanol–water partition coefficient (Wildman–Crippen LogP) is 3.56. The Morgan fingerprint density at radius 2 is 1.90 bits per heavy atom. The topological polar surface area (TPSA) is 29.3 Å². The van der Waals surface area contributed by atoms with E-state index in [0.717, 1.165) is 19.4 Å². The largest absolute Gasteiger partial charge is 0.391 e. The molecule has 1 saturated carbocycles. The number of nitrogens with zero attached hydrogens (tertiary/aromatic N) is 1. The van der Waals surface area contributed by atoms with Gasteiger partial charge in [-0.15, -0.1) is 0 Å². The van der Waals surface area contributed by atoms with E-state index in [0.29, 0.717) is 24.9 Å². The highest BCUT2D eigenvalue weighted by Crippen LogP contribution is 2.45. The van der Waals surface area contributed by atoms with Crippen molar-refractivity contribution < 1.29 is 13.2 Å². The highest BCUT2D eigenvalue weighted by molar-refractivity contribution is 5.01. The Labute approximate surface area is 119 Å². The van der Waals surface area contributed by atoms with E-state index >= 15 is 0 Å². The van der Waals surface area contributed by atoms with E-state index in [4.69, 9.17) is 5.73 Å². The minimum atomic E-state index is -4.08. The standard InChI is InChI=1S/C15H27F3N2/c1-11-5-4-8-20(12(11)2)14(10-19)7-3-6-13(9-14)15(16,17)18/h11-13H,3-10,19H2,1-2H3. The van der Waals surface area contributed by atoms with Gasteiger partial charge in [0.05, 0.1) is 5.92 Å². The van der Waals surface area contributed by atoms with Gasteiger partial charge in [-0.2, -0.15) is 13.2 Å². The molecule has 4 atom stereocenters. The molecule has 118 valence electrons. The molecule has 2 fully saturated rings. The maximum Gasteiger partial charge on any atom is 0.391 e. The van der Waals surface area contributed by atoms with Crippen molar-refractivity contribution in [2.45, 2.75) is 70.1 Å². The van der Waals surface area contributed by atoms with Gasteiger partial charge in [-0.25, -0.2) is 0 Å². The molecule has 20 heavy (non-hydrogen) atoms. The van der Waals surface area contributed by atoms with Crippen LogP contribution in [0.2, 0.25) is 0 Å². The lowest BCUT2D eigenvalue weighted by molar-refractivity contribution is -0.196. The first kappa shape index (κ1) is 16.1. The van der Waals surface area contributed by atoms with Gasteiger partial charge in [0.15, 0.2) is 0 Å². The lowest BCUT2D eigenvalue weighted by Crippen LogP contribution is -2.62. The fraction of sp³-hybridized carbons (Fsp3) is 1.00. The number of hydrogen-bond acceptors (Lipinski definition) is 2. The van der Waals surface area contributed by atoms with Crippen LogP contribution in [0.3, 0.4) is 0 Å². The van der Waals surface area contributed by atoms with E-state index in [1.54, 1.807) is 0 Å². The molecule has 1 aliphatic heterocycles. The summed E-state index contributed by atoms with van der Waals surface area (Å²) in [5.74, 6) is -0.636. The molecule has 1 heterocycles. The number of nitrogens with two attached hydrogens (primary N) is 1. The van der Waals surface area contributed by atoms with Gasteiger partial charge in [-0.3, -0.25) is 4.90 Å². The van der Waals surface area contributed by atoms with Crippen LogP contribution in [-0.2, 0) is 0 Å². The second-order valence-electron chi connectivity index (χ2n) is 6.82. The number of halogens is 3. The van der Waals surface area contributed by atoms with Crippen LogP contribution in [0.4, 0.5) is 13.2 Å². The summed E-state index contributed by atoms with van der Waals surface area (Å²) >= 11 is 0. The second kappa shape index (κ2) is 5.84. The first-order valence-corrected chi connectivity index (χ1v) is 7.84. The number of alkyl halides is 3. The molecule has 2 N–H and O–H groups in total. The summed E-state index contributed by atoms with van der Waals surface area (Å²) in [5, 5.41) is 0. The lowest BCUT2D eigenvalue weighted by atomic mass is 9.72. The third-order valence-electron chi connectivity index (χ3n) is 5.65. The highest BCUT2D eigenvalue weighted by Gasteiger charge is 2.50. The summed E-state index contributed by atoms with van der Waals surface area (Å²) in [7, 11) is 0. The summed E-state index contributed by atoms with van der Waals surface area (Å²) in [6.07, 6.45) is 0.0651. The third-order valence-corrected chi connectivity index (χ3v) is 5.65. The first-order chi connectivity index (χ1) is 9.30. The number of piperidine rings is 1. The Kier molecular flexibility index (Phi) is 4.69. The molecule has 4 unspecified atom stereocenters. The van der Waals surface area contributed by atoms with E-state index in [9.17, 15) is 13.2 Å². The second-order valence-corrected chi connectivity index (χ2v) is 6.82. The zero-order valence-electron chi connectivity index (χ0n) is 12.5. The van der Waals surface area contributed by atoms with E-state index in [1.807, 2.05) is 0 Å². The van der Waals surface area contributed by atoms with Crippen LogP contribution in [0.5, 0.6) is 0 Å². The van der Waals surface area contributed by atoms with Gasteiger partial charge in [0.25, 0.3) is 0 Å². The molecule has 0 aromatic carbocycles. The molecule has 0 aromatic heterocycles. The zero-order valence-corrected chi connectivity index (χ0v) is 12.5. The molecule has 2 aliphatic rings. The minimum Gasteiger partial charge on any atom is -0.329 e. The summed E-state index contributed by atoms with van der Waals surface area (Å²) < 4.78 is 39.3. The third kappa shape index (κ3) is 2.98. The fourth-order valence-corrected chi connectivity index (χ4v) is 4.19. The van der Waals surface area contributed by atoms with Crippen LogP contribution < -0.4 is 5.73 Å². The van der Waals surface area contributed by atoms with Gasteiger partial charge < -0.3 is 5.73 Å². The van der Waals surface area contributed by atoms with Gasteiger partial charge in [-0.05, 0) is 51.5 Å². The number of rotatable bonds is 2. The molecule has 5 heteroatoms. The molecule has 0 bridgehead atoms. The molecule has 1 aliphatic carbocycles. The average molecular weight is 292 g/mol. The van der Waals surface area contributed by atoms with Crippen molar-refractivity contribution in [3.63, 3.8) is 0 Å². The van der Waals surface area contributed by atoms with E-state index in [-0.39, 0.29) is 12.8 Å². The number of likely N-dealkylation sites (tertiary alicyclic amines) is 1. The normalized spacial score (nSPS) is 40.8. The maximum absolute atomic E-state index is 13.1. The van der Waals surface area contributed by atoms with Gasteiger partial charge in [0.1, 0.15) is 0 Å². The van der Waals surface area contributed by atoms with E-state index < -0.39 is 17.6 Å². The molecular formula is C15H27F3N2. The molecule has 0 radical (unpaired) electrons. The molecule has 1 saturated heterocycles. The number of hydrogen-bond donors (Lipinski definition) is 1. The molecule has 0 aromatic rings. The molecule has 2 rings (SSSR count). The van der Waals surface area contributed by atoms with Crippen LogP contribution in [0.25, 0.3) is 0 Å². The quantitative estimate of drug-likeness (QED) is 0.843. The molecular weight excluding hydrogens is 265 g/mol.